The molecule has 0 spiro atoms. The molecule has 0 atom stereocenters. The lowest BCUT2D eigenvalue weighted by atomic mass is 10.1. The minimum absolute atomic E-state index is 0.260. The van der Waals surface area contributed by atoms with Crippen molar-refractivity contribution in [1.82, 2.24) is 0 Å². The topological polar surface area (TPSA) is 80.0 Å². The van der Waals surface area contributed by atoms with E-state index >= 15 is 0 Å². The highest BCUT2D eigenvalue weighted by atomic mass is 16.6. The first-order chi connectivity index (χ1) is 10.2. The van der Waals surface area contributed by atoms with Crippen molar-refractivity contribution in [3.63, 3.8) is 0 Å². The van der Waals surface area contributed by atoms with E-state index in [1.807, 2.05) is 13.8 Å². The van der Waals surface area contributed by atoms with Crippen LogP contribution in [0.5, 0.6) is 0 Å². The van der Waals surface area contributed by atoms with Crippen molar-refractivity contribution in [2.45, 2.75) is 26.7 Å². The third kappa shape index (κ3) is 17.4. The van der Waals surface area contributed by atoms with E-state index in [1.165, 1.54) is 0 Å². The predicted octanol–water partition coefficient (Wildman–Crippen LogP) is 1.02. The SMILES string of the molecule is CC(C)CC(=O)CCOCCOCCOCCOCCN. The molecule has 0 bridgehead atoms. The summed E-state index contributed by atoms with van der Waals surface area (Å²) >= 11 is 0. The second-order valence-electron chi connectivity index (χ2n) is 5.12. The minimum Gasteiger partial charge on any atom is -0.379 e. The van der Waals surface area contributed by atoms with Crippen LogP contribution in [0.15, 0.2) is 0 Å². The van der Waals surface area contributed by atoms with Gasteiger partial charge in [-0.05, 0) is 5.92 Å². The van der Waals surface area contributed by atoms with Crippen molar-refractivity contribution in [2.75, 3.05) is 59.4 Å². The molecule has 0 aliphatic rings. The van der Waals surface area contributed by atoms with Crippen molar-refractivity contribution in [2.24, 2.45) is 11.7 Å². The Balaban J connectivity index is 3.07. The molecule has 0 aromatic rings. The Morgan fingerprint density at radius 2 is 1.24 bits per heavy atom. The van der Waals surface area contributed by atoms with Gasteiger partial charge in [-0.3, -0.25) is 4.79 Å². The fourth-order valence-electron chi connectivity index (χ4n) is 1.59. The molecule has 6 nitrogen and oxygen atoms in total. The maximum absolute atomic E-state index is 11.4. The van der Waals surface area contributed by atoms with E-state index in [-0.39, 0.29) is 5.78 Å². The summed E-state index contributed by atoms with van der Waals surface area (Å²) in [4.78, 5) is 11.4. The summed E-state index contributed by atoms with van der Waals surface area (Å²) in [5, 5.41) is 0. The molecule has 0 saturated heterocycles. The van der Waals surface area contributed by atoms with E-state index in [4.69, 9.17) is 24.7 Å². The molecule has 2 N–H and O–H groups in total. The summed E-state index contributed by atoms with van der Waals surface area (Å²) in [5.74, 6) is 0.678. The largest absolute Gasteiger partial charge is 0.379 e. The lowest BCUT2D eigenvalue weighted by Crippen LogP contribution is -2.14. The summed E-state index contributed by atoms with van der Waals surface area (Å²) in [7, 11) is 0. The highest BCUT2D eigenvalue weighted by molar-refractivity contribution is 5.78. The van der Waals surface area contributed by atoms with Gasteiger partial charge in [0.05, 0.1) is 52.9 Å². The third-order valence-electron chi connectivity index (χ3n) is 2.54. The van der Waals surface area contributed by atoms with Crippen LogP contribution >= 0.6 is 0 Å². The molecule has 0 rings (SSSR count). The first kappa shape index (κ1) is 20.5. The summed E-state index contributed by atoms with van der Waals surface area (Å²) in [6, 6.07) is 0. The summed E-state index contributed by atoms with van der Waals surface area (Å²) in [6.45, 7) is 8.87. The Morgan fingerprint density at radius 3 is 1.67 bits per heavy atom. The second-order valence-corrected chi connectivity index (χ2v) is 5.12. The smallest absolute Gasteiger partial charge is 0.135 e. The van der Waals surface area contributed by atoms with Gasteiger partial charge < -0.3 is 24.7 Å². The number of carbonyl (C=O) groups is 1. The van der Waals surface area contributed by atoms with Gasteiger partial charge in [-0.25, -0.2) is 0 Å². The van der Waals surface area contributed by atoms with Crippen molar-refractivity contribution in [3.8, 4) is 0 Å². The third-order valence-corrected chi connectivity index (χ3v) is 2.54. The van der Waals surface area contributed by atoms with Gasteiger partial charge in [-0.15, -0.1) is 0 Å². The number of rotatable bonds is 16. The van der Waals surface area contributed by atoms with Crippen LogP contribution in [0.25, 0.3) is 0 Å². The summed E-state index contributed by atoms with van der Waals surface area (Å²) in [5.41, 5.74) is 5.28. The van der Waals surface area contributed by atoms with Crippen LogP contribution in [0.4, 0.5) is 0 Å². The van der Waals surface area contributed by atoms with Gasteiger partial charge in [0.25, 0.3) is 0 Å². The molecular weight excluding hydrogens is 274 g/mol. The van der Waals surface area contributed by atoms with E-state index in [2.05, 4.69) is 0 Å². The van der Waals surface area contributed by atoms with E-state index in [9.17, 15) is 4.79 Å². The highest BCUT2D eigenvalue weighted by Crippen LogP contribution is 2.02. The molecule has 0 aromatic carbocycles. The van der Waals surface area contributed by atoms with Crippen LogP contribution in [0, 0.1) is 5.92 Å². The molecule has 0 aliphatic carbocycles. The molecule has 126 valence electrons. The maximum atomic E-state index is 11.4. The normalized spacial score (nSPS) is 11.2. The number of ether oxygens (including phenoxy) is 4. The number of Topliss-reactive ketones (excluding diaryl/α,β-unsaturated/α-hetero) is 1. The van der Waals surface area contributed by atoms with E-state index in [1.54, 1.807) is 0 Å². The van der Waals surface area contributed by atoms with Gasteiger partial charge in [0.15, 0.2) is 0 Å². The highest BCUT2D eigenvalue weighted by Gasteiger charge is 2.04. The van der Waals surface area contributed by atoms with Crippen LogP contribution < -0.4 is 5.73 Å². The van der Waals surface area contributed by atoms with E-state index in [0.717, 1.165) is 0 Å². The molecule has 21 heavy (non-hydrogen) atoms. The van der Waals surface area contributed by atoms with E-state index < -0.39 is 0 Å². The molecule has 0 heterocycles. The molecule has 0 saturated carbocycles. The van der Waals surface area contributed by atoms with Gasteiger partial charge in [0.1, 0.15) is 5.78 Å². The summed E-state index contributed by atoms with van der Waals surface area (Å²) < 4.78 is 21.1. The zero-order chi connectivity index (χ0) is 15.8. The van der Waals surface area contributed by atoms with Crippen molar-refractivity contribution in [1.29, 1.82) is 0 Å². The lowest BCUT2D eigenvalue weighted by Gasteiger charge is -2.07. The average Bonchev–Trinajstić information content (AvgIpc) is 2.43. The molecule has 0 unspecified atom stereocenters. The Hall–Kier alpha value is -0.530. The lowest BCUT2D eigenvalue weighted by molar-refractivity contribution is -0.121. The molecule has 0 fully saturated rings. The van der Waals surface area contributed by atoms with Crippen molar-refractivity contribution in [3.05, 3.63) is 0 Å². The Bertz CT molecular complexity index is 236. The quantitative estimate of drug-likeness (QED) is 0.429. The van der Waals surface area contributed by atoms with Gasteiger partial charge in [0, 0.05) is 19.4 Å². The van der Waals surface area contributed by atoms with Crippen LogP contribution in [-0.2, 0) is 23.7 Å². The average molecular weight is 305 g/mol. The van der Waals surface area contributed by atoms with Crippen LogP contribution in [0.1, 0.15) is 26.7 Å². The van der Waals surface area contributed by atoms with Gasteiger partial charge >= 0.3 is 0 Å². The monoisotopic (exact) mass is 305 g/mol. The van der Waals surface area contributed by atoms with Crippen molar-refractivity contribution >= 4 is 5.78 Å². The number of hydrogen-bond donors (Lipinski definition) is 1. The van der Waals surface area contributed by atoms with Gasteiger partial charge in [0.2, 0.25) is 0 Å². The first-order valence-electron chi connectivity index (χ1n) is 7.69. The number of hydrogen-bond acceptors (Lipinski definition) is 6. The summed E-state index contributed by atoms with van der Waals surface area (Å²) in [6.07, 6.45) is 1.12. The minimum atomic E-state index is 0.260. The number of carbonyl (C=O) groups excluding carboxylic acids is 1. The van der Waals surface area contributed by atoms with Crippen LogP contribution in [-0.4, -0.2) is 65.2 Å². The van der Waals surface area contributed by atoms with Gasteiger partial charge in [-0.2, -0.15) is 0 Å². The second kappa shape index (κ2) is 15.9. The first-order valence-corrected chi connectivity index (χ1v) is 7.69. The molecule has 0 radical (unpaired) electrons. The standard InChI is InChI=1S/C15H31NO5/c1-14(2)13-15(17)3-5-18-7-9-20-11-12-21-10-8-19-6-4-16/h14H,3-13,16H2,1-2H3. The van der Waals surface area contributed by atoms with Crippen molar-refractivity contribution < 1.29 is 23.7 Å². The zero-order valence-corrected chi connectivity index (χ0v) is 13.5. The van der Waals surface area contributed by atoms with Gasteiger partial charge in [-0.1, -0.05) is 13.8 Å². The Morgan fingerprint density at radius 1 is 0.810 bits per heavy atom. The number of ketones is 1. The van der Waals surface area contributed by atoms with Crippen LogP contribution in [0.2, 0.25) is 0 Å². The molecule has 6 heteroatoms. The molecule has 0 amide bonds. The fourth-order valence-corrected chi connectivity index (χ4v) is 1.59. The predicted molar refractivity (Wildman–Crippen MR) is 81.4 cm³/mol. The van der Waals surface area contributed by atoms with E-state index in [0.29, 0.717) is 78.2 Å². The Kier molecular flexibility index (Phi) is 15.5. The molecular formula is C15H31NO5. The maximum Gasteiger partial charge on any atom is 0.135 e. The van der Waals surface area contributed by atoms with Crippen LogP contribution in [0.3, 0.4) is 0 Å². The molecule has 0 aliphatic heterocycles. The zero-order valence-electron chi connectivity index (χ0n) is 13.5. The Labute approximate surface area is 128 Å². The number of nitrogens with two attached hydrogens (primary N) is 1. The molecule has 0 aromatic heterocycles. The fraction of sp³-hybridized carbons (Fsp3) is 0.933.